The van der Waals surface area contributed by atoms with Crippen LogP contribution in [0.15, 0.2) is 18.2 Å². The first-order valence-corrected chi connectivity index (χ1v) is 8.36. The van der Waals surface area contributed by atoms with E-state index >= 15 is 0 Å². The molecule has 0 N–H and O–H groups in total. The van der Waals surface area contributed by atoms with Crippen LogP contribution in [0.3, 0.4) is 0 Å². The topological polar surface area (TPSA) is 12.5 Å². The molecular formula is C19H29NO. The zero-order chi connectivity index (χ0) is 15.1. The van der Waals surface area contributed by atoms with Crippen LogP contribution >= 0.6 is 0 Å². The fourth-order valence-electron chi connectivity index (χ4n) is 4.83. The van der Waals surface area contributed by atoms with Crippen molar-refractivity contribution in [2.75, 3.05) is 25.6 Å². The Balaban J connectivity index is 1.92. The first-order chi connectivity index (χ1) is 9.96. The van der Waals surface area contributed by atoms with Gasteiger partial charge in [-0.2, -0.15) is 0 Å². The van der Waals surface area contributed by atoms with E-state index in [1.807, 2.05) is 0 Å². The van der Waals surface area contributed by atoms with Gasteiger partial charge < -0.3 is 9.64 Å². The summed E-state index contributed by atoms with van der Waals surface area (Å²) in [6.07, 6.45) is 8.33. The summed E-state index contributed by atoms with van der Waals surface area (Å²) in [5.41, 5.74) is 3.64. The Labute approximate surface area is 129 Å². The number of benzene rings is 1. The summed E-state index contributed by atoms with van der Waals surface area (Å²) < 4.78 is 5.46. The largest absolute Gasteiger partial charge is 0.497 e. The third kappa shape index (κ3) is 2.65. The maximum absolute atomic E-state index is 5.46. The van der Waals surface area contributed by atoms with Crippen molar-refractivity contribution in [2.45, 2.75) is 57.8 Å². The zero-order valence-electron chi connectivity index (χ0n) is 14.0. The van der Waals surface area contributed by atoms with Crippen molar-refractivity contribution in [3.63, 3.8) is 0 Å². The summed E-state index contributed by atoms with van der Waals surface area (Å²) in [7, 11) is 3.99. The molecule has 21 heavy (non-hydrogen) atoms. The average molecular weight is 287 g/mol. The molecule has 1 heterocycles. The molecule has 3 rings (SSSR count). The number of methoxy groups -OCH3 is 1. The van der Waals surface area contributed by atoms with Crippen molar-refractivity contribution < 1.29 is 4.74 Å². The van der Waals surface area contributed by atoms with Gasteiger partial charge in [0.1, 0.15) is 5.75 Å². The molecule has 116 valence electrons. The number of ether oxygens (including phenoxy) is 1. The van der Waals surface area contributed by atoms with Gasteiger partial charge in [-0.05, 0) is 48.4 Å². The van der Waals surface area contributed by atoms with Gasteiger partial charge in [-0.25, -0.2) is 0 Å². The van der Waals surface area contributed by atoms with Crippen LogP contribution < -0.4 is 9.64 Å². The molecule has 0 bridgehead atoms. The molecule has 0 radical (unpaired) electrons. The fourth-order valence-corrected chi connectivity index (χ4v) is 4.83. The first-order valence-electron chi connectivity index (χ1n) is 8.36. The Morgan fingerprint density at radius 1 is 1.14 bits per heavy atom. The molecule has 2 aliphatic rings. The summed E-state index contributed by atoms with van der Waals surface area (Å²) >= 11 is 0. The Morgan fingerprint density at radius 2 is 1.86 bits per heavy atom. The smallest absolute Gasteiger partial charge is 0.119 e. The van der Waals surface area contributed by atoms with Crippen molar-refractivity contribution in [3.8, 4) is 5.75 Å². The molecule has 1 aliphatic heterocycles. The monoisotopic (exact) mass is 287 g/mol. The molecule has 1 saturated carbocycles. The lowest BCUT2D eigenvalue weighted by atomic mass is 9.64. The SMILES string of the molecule is COc1ccc2c(c1)C(C)(CC1(C)CCCCC1)CN2C. The van der Waals surface area contributed by atoms with Gasteiger partial charge in [-0.3, -0.25) is 0 Å². The molecule has 1 aromatic rings. The molecule has 0 amide bonds. The zero-order valence-corrected chi connectivity index (χ0v) is 14.0. The van der Waals surface area contributed by atoms with Gasteiger partial charge in [-0.1, -0.05) is 33.1 Å². The third-order valence-electron chi connectivity index (χ3n) is 5.73. The molecular weight excluding hydrogens is 258 g/mol. The van der Waals surface area contributed by atoms with Gasteiger partial charge in [0.15, 0.2) is 0 Å². The van der Waals surface area contributed by atoms with Crippen LogP contribution in [0.25, 0.3) is 0 Å². The number of fused-ring (bicyclic) bond motifs is 1. The van der Waals surface area contributed by atoms with Crippen molar-refractivity contribution >= 4 is 5.69 Å². The molecule has 0 spiro atoms. The Kier molecular flexibility index (Phi) is 3.67. The van der Waals surface area contributed by atoms with E-state index in [1.54, 1.807) is 7.11 Å². The van der Waals surface area contributed by atoms with Gasteiger partial charge >= 0.3 is 0 Å². The van der Waals surface area contributed by atoms with Gasteiger partial charge in [0.05, 0.1) is 7.11 Å². The molecule has 1 unspecified atom stereocenters. The second-order valence-corrected chi connectivity index (χ2v) is 7.85. The predicted molar refractivity (Wildman–Crippen MR) is 89.4 cm³/mol. The second-order valence-electron chi connectivity index (χ2n) is 7.85. The van der Waals surface area contributed by atoms with Gasteiger partial charge in [0.25, 0.3) is 0 Å². The van der Waals surface area contributed by atoms with Crippen molar-refractivity contribution in [2.24, 2.45) is 5.41 Å². The molecule has 2 heteroatoms. The third-order valence-corrected chi connectivity index (χ3v) is 5.73. The van der Waals surface area contributed by atoms with E-state index in [2.05, 4.69) is 44.0 Å². The summed E-state index contributed by atoms with van der Waals surface area (Å²) in [4.78, 5) is 2.42. The van der Waals surface area contributed by atoms with Crippen LogP contribution in [0, 0.1) is 5.41 Å². The van der Waals surface area contributed by atoms with Gasteiger partial charge in [0, 0.05) is 24.7 Å². The lowest BCUT2D eigenvalue weighted by molar-refractivity contribution is 0.158. The highest BCUT2D eigenvalue weighted by molar-refractivity contribution is 5.64. The van der Waals surface area contributed by atoms with Crippen LogP contribution in [-0.2, 0) is 5.41 Å². The first kappa shape index (κ1) is 14.7. The van der Waals surface area contributed by atoms with Crippen LogP contribution in [0.2, 0.25) is 0 Å². The highest BCUT2D eigenvalue weighted by atomic mass is 16.5. The minimum Gasteiger partial charge on any atom is -0.497 e. The van der Waals surface area contributed by atoms with E-state index in [0.717, 1.165) is 12.3 Å². The lowest BCUT2D eigenvalue weighted by Crippen LogP contribution is -2.36. The normalized spacial score (nSPS) is 27.5. The van der Waals surface area contributed by atoms with E-state index in [-0.39, 0.29) is 5.41 Å². The Morgan fingerprint density at radius 3 is 2.52 bits per heavy atom. The van der Waals surface area contributed by atoms with Crippen LogP contribution in [0.5, 0.6) is 5.75 Å². The molecule has 1 aliphatic carbocycles. The number of hydrogen-bond acceptors (Lipinski definition) is 2. The number of rotatable bonds is 3. The molecule has 1 fully saturated rings. The Bertz CT molecular complexity index is 518. The van der Waals surface area contributed by atoms with Crippen molar-refractivity contribution in [3.05, 3.63) is 23.8 Å². The van der Waals surface area contributed by atoms with E-state index in [1.165, 1.54) is 49.8 Å². The van der Waals surface area contributed by atoms with E-state index < -0.39 is 0 Å². The standard InChI is InChI=1S/C19H29NO/c1-18(10-6-5-7-11-18)13-19(2)14-20(3)17-9-8-15(21-4)12-16(17)19/h8-9,12H,5-7,10-11,13-14H2,1-4H3. The number of likely N-dealkylation sites (N-methyl/N-ethyl adjacent to an activating group) is 1. The molecule has 0 saturated heterocycles. The summed E-state index contributed by atoms with van der Waals surface area (Å²) in [6.45, 7) is 6.09. The maximum atomic E-state index is 5.46. The fraction of sp³-hybridized carbons (Fsp3) is 0.684. The summed E-state index contributed by atoms with van der Waals surface area (Å²) in [5.74, 6) is 0.990. The van der Waals surface area contributed by atoms with Crippen molar-refractivity contribution in [1.29, 1.82) is 0 Å². The van der Waals surface area contributed by atoms with Crippen LogP contribution in [0.1, 0.15) is 57.9 Å². The molecule has 2 nitrogen and oxygen atoms in total. The van der Waals surface area contributed by atoms with E-state index in [4.69, 9.17) is 4.74 Å². The number of anilines is 1. The quantitative estimate of drug-likeness (QED) is 0.794. The van der Waals surface area contributed by atoms with Crippen LogP contribution in [-0.4, -0.2) is 20.7 Å². The highest BCUT2D eigenvalue weighted by Crippen LogP contribution is 2.51. The number of nitrogens with zero attached hydrogens (tertiary/aromatic N) is 1. The molecule has 1 aromatic carbocycles. The predicted octanol–water partition coefficient (Wildman–Crippen LogP) is 4.76. The highest BCUT2D eigenvalue weighted by Gasteiger charge is 2.43. The van der Waals surface area contributed by atoms with Gasteiger partial charge in [0.2, 0.25) is 0 Å². The number of hydrogen-bond donors (Lipinski definition) is 0. The second kappa shape index (κ2) is 5.23. The van der Waals surface area contributed by atoms with Crippen molar-refractivity contribution in [1.82, 2.24) is 0 Å². The molecule has 0 aromatic heterocycles. The summed E-state index contributed by atoms with van der Waals surface area (Å²) in [6, 6.07) is 6.58. The van der Waals surface area contributed by atoms with E-state index in [0.29, 0.717) is 5.41 Å². The van der Waals surface area contributed by atoms with Crippen LogP contribution in [0.4, 0.5) is 5.69 Å². The minimum atomic E-state index is 0.255. The lowest BCUT2D eigenvalue weighted by Gasteiger charge is -2.40. The minimum absolute atomic E-state index is 0.255. The average Bonchev–Trinajstić information content (AvgIpc) is 2.69. The summed E-state index contributed by atoms with van der Waals surface area (Å²) in [5, 5.41) is 0. The Hall–Kier alpha value is -1.18. The van der Waals surface area contributed by atoms with E-state index in [9.17, 15) is 0 Å². The molecule has 1 atom stereocenters. The maximum Gasteiger partial charge on any atom is 0.119 e. The van der Waals surface area contributed by atoms with Gasteiger partial charge in [-0.15, -0.1) is 0 Å².